The number of benzene rings is 1. The normalized spacial score (nSPS) is 11.7. The Balaban J connectivity index is 2.43. The second-order valence-electron chi connectivity index (χ2n) is 4.14. The van der Waals surface area contributed by atoms with Gasteiger partial charge in [-0.3, -0.25) is 0 Å². The fourth-order valence-electron chi connectivity index (χ4n) is 1.42. The van der Waals surface area contributed by atoms with Crippen LogP contribution in [-0.2, 0) is 16.6 Å². The van der Waals surface area contributed by atoms with E-state index in [1.165, 1.54) is 6.07 Å². The molecule has 4 nitrogen and oxygen atoms in total. The molecule has 0 amide bonds. The Kier molecular flexibility index (Phi) is 6.33. The van der Waals surface area contributed by atoms with E-state index in [-0.39, 0.29) is 12.3 Å². The van der Waals surface area contributed by atoms with Crippen LogP contribution in [0.5, 0.6) is 0 Å². The molecule has 0 aliphatic rings. The van der Waals surface area contributed by atoms with Gasteiger partial charge in [0.05, 0.1) is 5.75 Å². The molecule has 0 unspecified atom stereocenters. The standard InChI is InChI=1S/C12H18F2N2O2S/c1-2-5-15-6-7-19(17,18)16-9-10-3-4-11(13)12(14)8-10/h3-4,8,15-16H,2,5-7,9H2,1H3. The largest absolute Gasteiger partial charge is 0.316 e. The highest BCUT2D eigenvalue weighted by molar-refractivity contribution is 7.89. The van der Waals surface area contributed by atoms with E-state index < -0.39 is 21.7 Å². The van der Waals surface area contributed by atoms with Crippen molar-refractivity contribution in [2.45, 2.75) is 19.9 Å². The third kappa shape index (κ3) is 6.09. The first-order valence-electron chi connectivity index (χ1n) is 6.06. The fourth-order valence-corrected chi connectivity index (χ4v) is 2.37. The van der Waals surface area contributed by atoms with Crippen molar-refractivity contribution in [3.05, 3.63) is 35.4 Å². The molecule has 0 radical (unpaired) electrons. The van der Waals surface area contributed by atoms with Crippen molar-refractivity contribution in [1.82, 2.24) is 10.0 Å². The topological polar surface area (TPSA) is 58.2 Å². The van der Waals surface area contributed by atoms with Gasteiger partial charge in [-0.15, -0.1) is 0 Å². The lowest BCUT2D eigenvalue weighted by molar-refractivity contribution is 0.506. The van der Waals surface area contributed by atoms with Gasteiger partial charge in [0.2, 0.25) is 10.0 Å². The summed E-state index contributed by atoms with van der Waals surface area (Å²) in [7, 11) is -3.41. The molecule has 1 rings (SSSR count). The lowest BCUT2D eigenvalue weighted by atomic mass is 10.2. The molecule has 7 heteroatoms. The van der Waals surface area contributed by atoms with E-state index in [2.05, 4.69) is 10.0 Å². The van der Waals surface area contributed by atoms with E-state index in [0.717, 1.165) is 25.1 Å². The summed E-state index contributed by atoms with van der Waals surface area (Å²) < 4.78 is 51.2. The first-order valence-corrected chi connectivity index (χ1v) is 7.72. The molecule has 0 atom stereocenters. The van der Waals surface area contributed by atoms with E-state index in [9.17, 15) is 17.2 Å². The summed E-state index contributed by atoms with van der Waals surface area (Å²) >= 11 is 0. The minimum absolute atomic E-state index is 0.0450. The summed E-state index contributed by atoms with van der Waals surface area (Å²) in [5.41, 5.74) is 0.379. The molecule has 0 spiro atoms. The maximum atomic E-state index is 12.9. The van der Waals surface area contributed by atoms with Crippen molar-refractivity contribution in [2.24, 2.45) is 0 Å². The Morgan fingerprint density at radius 1 is 1.16 bits per heavy atom. The van der Waals surface area contributed by atoms with Crippen LogP contribution in [0.2, 0.25) is 0 Å². The van der Waals surface area contributed by atoms with Crippen molar-refractivity contribution >= 4 is 10.0 Å². The van der Waals surface area contributed by atoms with E-state index in [0.29, 0.717) is 12.1 Å². The highest BCUT2D eigenvalue weighted by atomic mass is 32.2. The molecule has 0 aromatic heterocycles. The van der Waals surface area contributed by atoms with Crippen LogP contribution >= 0.6 is 0 Å². The van der Waals surface area contributed by atoms with Crippen LogP contribution in [0, 0.1) is 11.6 Å². The predicted molar refractivity (Wildman–Crippen MR) is 70.1 cm³/mol. The number of halogens is 2. The van der Waals surface area contributed by atoms with Crippen molar-refractivity contribution in [3.8, 4) is 0 Å². The Hall–Kier alpha value is -1.05. The Labute approximate surface area is 112 Å². The van der Waals surface area contributed by atoms with Gasteiger partial charge in [-0.25, -0.2) is 21.9 Å². The third-order valence-corrected chi connectivity index (χ3v) is 3.78. The first-order chi connectivity index (χ1) is 8.94. The molecular formula is C12H18F2N2O2S. The van der Waals surface area contributed by atoms with Gasteiger partial charge in [0.15, 0.2) is 11.6 Å². The maximum Gasteiger partial charge on any atom is 0.213 e. The van der Waals surface area contributed by atoms with E-state index >= 15 is 0 Å². The van der Waals surface area contributed by atoms with E-state index in [1.54, 1.807) is 0 Å². The molecule has 0 heterocycles. The molecular weight excluding hydrogens is 274 g/mol. The number of hydrogen-bond acceptors (Lipinski definition) is 3. The fraction of sp³-hybridized carbons (Fsp3) is 0.500. The van der Waals surface area contributed by atoms with Crippen LogP contribution in [0.4, 0.5) is 8.78 Å². The highest BCUT2D eigenvalue weighted by Gasteiger charge is 2.10. The monoisotopic (exact) mass is 292 g/mol. The SMILES string of the molecule is CCCNCCS(=O)(=O)NCc1ccc(F)c(F)c1. The van der Waals surface area contributed by atoms with Crippen molar-refractivity contribution in [3.63, 3.8) is 0 Å². The van der Waals surface area contributed by atoms with Gasteiger partial charge in [-0.1, -0.05) is 13.0 Å². The Bertz CT molecular complexity index is 506. The summed E-state index contributed by atoms with van der Waals surface area (Å²) in [4.78, 5) is 0. The zero-order chi connectivity index (χ0) is 14.3. The summed E-state index contributed by atoms with van der Waals surface area (Å²) in [6.07, 6.45) is 0.933. The van der Waals surface area contributed by atoms with Crippen LogP contribution in [0.1, 0.15) is 18.9 Å². The molecule has 0 saturated heterocycles. The van der Waals surface area contributed by atoms with Crippen molar-refractivity contribution in [2.75, 3.05) is 18.8 Å². The van der Waals surface area contributed by atoms with Crippen LogP contribution < -0.4 is 10.0 Å². The Morgan fingerprint density at radius 3 is 2.53 bits per heavy atom. The van der Waals surface area contributed by atoms with Crippen molar-refractivity contribution < 1.29 is 17.2 Å². The van der Waals surface area contributed by atoms with Crippen LogP contribution in [-0.4, -0.2) is 27.3 Å². The van der Waals surface area contributed by atoms with Gasteiger partial charge in [0, 0.05) is 13.1 Å². The maximum absolute atomic E-state index is 12.9. The average Bonchev–Trinajstić information content (AvgIpc) is 2.36. The van der Waals surface area contributed by atoms with Crippen LogP contribution in [0.3, 0.4) is 0 Å². The van der Waals surface area contributed by atoms with Gasteiger partial charge in [0.1, 0.15) is 0 Å². The summed E-state index contributed by atoms with van der Waals surface area (Å²) in [5, 5.41) is 2.98. The Morgan fingerprint density at radius 2 is 1.89 bits per heavy atom. The third-order valence-electron chi connectivity index (χ3n) is 2.45. The van der Waals surface area contributed by atoms with Crippen LogP contribution in [0.25, 0.3) is 0 Å². The molecule has 108 valence electrons. The van der Waals surface area contributed by atoms with E-state index in [1.807, 2.05) is 6.92 Å². The number of sulfonamides is 1. The summed E-state index contributed by atoms with van der Waals surface area (Å²) in [6, 6.07) is 3.30. The second kappa shape index (κ2) is 7.52. The predicted octanol–water partition coefficient (Wildman–Crippen LogP) is 1.38. The molecule has 0 aliphatic heterocycles. The zero-order valence-electron chi connectivity index (χ0n) is 10.7. The lowest BCUT2D eigenvalue weighted by Gasteiger charge is -2.07. The quantitative estimate of drug-likeness (QED) is 0.712. The number of nitrogens with one attached hydrogen (secondary N) is 2. The smallest absolute Gasteiger partial charge is 0.213 e. The molecule has 1 aromatic carbocycles. The highest BCUT2D eigenvalue weighted by Crippen LogP contribution is 2.08. The van der Waals surface area contributed by atoms with Gasteiger partial charge < -0.3 is 5.32 Å². The number of rotatable bonds is 8. The molecule has 19 heavy (non-hydrogen) atoms. The molecule has 0 aliphatic carbocycles. The molecule has 1 aromatic rings. The van der Waals surface area contributed by atoms with E-state index in [4.69, 9.17) is 0 Å². The van der Waals surface area contributed by atoms with Crippen molar-refractivity contribution in [1.29, 1.82) is 0 Å². The molecule has 2 N–H and O–H groups in total. The van der Waals surface area contributed by atoms with Gasteiger partial charge in [0.25, 0.3) is 0 Å². The van der Waals surface area contributed by atoms with Crippen LogP contribution in [0.15, 0.2) is 18.2 Å². The average molecular weight is 292 g/mol. The zero-order valence-corrected chi connectivity index (χ0v) is 11.6. The van der Waals surface area contributed by atoms with Gasteiger partial charge >= 0.3 is 0 Å². The van der Waals surface area contributed by atoms with Gasteiger partial charge in [-0.2, -0.15) is 0 Å². The number of hydrogen-bond donors (Lipinski definition) is 2. The molecule has 0 bridgehead atoms. The van der Waals surface area contributed by atoms with Gasteiger partial charge in [-0.05, 0) is 30.7 Å². The molecule has 0 saturated carbocycles. The minimum atomic E-state index is -3.41. The lowest BCUT2D eigenvalue weighted by Crippen LogP contribution is -2.31. The first kappa shape index (κ1) is 16.0. The molecule has 0 fully saturated rings. The summed E-state index contributed by atoms with van der Waals surface area (Å²) in [5.74, 6) is -1.98. The minimum Gasteiger partial charge on any atom is -0.316 e. The summed E-state index contributed by atoms with van der Waals surface area (Å²) in [6.45, 7) is 3.07. The second-order valence-corrected chi connectivity index (χ2v) is 6.06.